The molecule has 0 radical (unpaired) electrons. The second-order valence-electron chi connectivity index (χ2n) is 6.30. The number of hydrogen-bond donors (Lipinski definition) is 2. The third kappa shape index (κ3) is 4.01. The van der Waals surface area contributed by atoms with Gasteiger partial charge in [-0.05, 0) is 47.7 Å². The Balaban J connectivity index is 1.77. The van der Waals surface area contributed by atoms with Gasteiger partial charge in [0.2, 0.25) is 5.91 Å². The van der Waals surface area contributed by atoms with E-state index in [0.29, 0.717) is 35.2 Å². The van der Waals surface area contributed by atoms with Crippen LogP contribution in [0.2, 0.25) is 10.0 Å². The number of pyridine rings is 1. The van der Waals surface area contributed by atoms with E-state index in [4.69, 9.17) is 27.9 Å². The molecule has 2 N–H and O–H groups in total. The molecular weight excluding hydrogens is 375 g/mol. The van der Waals surface area contributed by atoms with Crippen LogP contribution in [-0.4, -0.2) is 23.1 Å². The molecule has 1 aromatic carbocycles. The molecule has 2 aromatic rings. The van der Waals surface area contributed by atoms with Gasteiger partial charge < -0.3 is 15.2 Å². The second kappa shape index (κ2) is 8.35. The summed E-state index contributed by atoms with van der Waals surface area (Å²) in [5, 5.41) is 14.1. The van der Waals surface area contributed by atoms with Crippen LogP contribution in [0.1, 0.15) is 47.2 Å². The van der Waals surface area contributed by atoms with Crippen molar-refractivity contribution in [3.8, 4) is 0 Å². The first-order valence-electron chi connectivity index (χ1n) is 8.37. The number of methoxy groups -OCH3 is 1. The van der Waals surface area contributed by atoms with Gasteiger partial charge in [-0.25, -0.2) is 0 Å². The molecular formula is C19H20Cl2N2O3. The summed E-state index contributed by atoms with van der Waals surface area (Å²) < 4.78 is 5.19. The number of aromatic nitrogens is 1. The Morgan fingerprint density at radius 2 is 2.19 bits per heavy atom. The number of nitrogens with zero attached hydrogens (tertiary/aromatic N) is 1. The van der Waals surface area contributed by atoms with Crippen molar-refractivity contribution in [3.63, 3.8) is 0 Å². The van der Waals surface area contributed by atoms with Crippen molar-refractivity contribution in [3.05, 3.63) is 62.9 Å². The van der Waals surface area contributed by atoms with Crippen molar-refractivity contribution < 1.29 is 14.6 Å². The zero-order valence-electron chi connectivity index (χ0n) is 14.3. The molecule has 5 nitrogen and oxygen atoms in total. The fourth-order valence-electron chi connectivity index (χ4n) is 3.33. The zero-order chi connectivity index (χ0) is 18.7. The smallest absolute Gasteiger partial charge is 0.227 e. The Kier molecular flexibility index (Phi) is 6.14. The Hall–Kier alpha value is -1.66. The van der Waals surface area contributed by atoms with Gasteiger partial charge in [0.1, 0.15) is 0 Å². The third-order valence-corrected chi connectivity index (χ3v) is 5.15. The summed E-state index contributed by atoms with van der Waals surface area (Å²) in [6.07, 6.45) is 2.10. The average Bonchev–Trinajstić information content (AvgIpc) is 2.61. The van der Waals surface area contributed by atoms with E-state index in [1.807, 2.05) is 6.07 Å². The molecule has 1 aliphatic carbocycles. The molecule has 0 saturated heterocycles. The lowest BCUT2D eigenvalue weighted by molar-refractivity contribution is -0.123. The predicted molar refractivity (Wildman–Crippen MR) is 100 cm³/mol. The fourth-order valence-corrected chi connectivity index (χ4v) is 3.93. The zero-order valence-corrected chi connectivity index (χ0v) is 15.8. The summed E-state index contributed by atoms with van der Waals surface area (Å²) in [6.45, 7) is 0.635. The first-order valence-corrected chi connectivity index (χ1v) is 9.13. The van der Waals surface area contributed by atoms with Crippen LogP contribution in [0.5, 0.6) is 0 Å². The second-order valence-corrected chi connectivity index (χ2v) is 7.14. The van der Waals surface area contributed by atoms with E-state index in [1.54, 1.807) is 31.5 Å². The highest BCUT2D eigenvalue weighted by molar-refractivity contribution is 6.35. The summed E-state index contributed by atoms with van der Waals surface area (Å²) >= 11 is 12.4. The quantitative estimate of drug-likeness (QED) is 0.809. The van der Waals surface area contributed by atoms with E-state index in [9.17, 15) is 9.90 Å². The normalized spacial score (nSPS) is 19.1. The first kappa shape index (κ1) is 19.1. The van der Waals surface area contributed by atoms with Crippen LogP contribution in [0.25, 0.3) is 0 Å². The van der Waals surface area contributed by atoms with E-state index in [0.717, 1.165) is 16.7 Å². The summed E-state index contributed by atoms with van der Waals surface area (Å²) in [7, 11) is 1.59. The maximum atomic E-state index is 12.8. The minimum atomic E-state index is -0.616. The van der Waals surface area contributed by atoms with E-state index in [-0.39, 0.29) is 18.4 Å². The number of ether oxygens (including phenoxy) is 1. The van der Waals surface area contributed by atoms with Gasteiger partial charge in [-0.15, -0.1) is 0 Å². The number of carbonyl (C=O) groups excluding carboxylic acids is 1. The number of hydrogen-bond acceptors (Lipinski definition) is 4. The van der Waals surface area contributed by atoms with Crippen molar-refractivity contribution in [1.82, 2.24) is 10.3 Å². The molecule has 2 unspecified atom stereocenters. The van der Waals surface area contributed by atoms with Crippen LogP contribution < -0.4 is 5.32 Å². The van der Waals surface area contributed by atoms with Gasteiger partial charge in [-0.1, -0.05) is 29.3 Å². The van der Waals surface area contributed by atoms with Crippen LogP contribution >= 0.6 is 23.2 Å². The number of amides is 1. The SMILES string of the molecule is COCc1cc(Cl)cc(Cl)c1CNC(=O)C1CCC(O)c2ncccc21. The first-order chi connectivity index (χ1) is 12.5. The molecule has 26 heavy (non-hydrogen) atoms. The summed E-state index contributed by atoms with van der Waals surface area (Å²) in [4.78, 5) is 17.0. The molecule has 0 saturated carbocycles. The number of benzene rings is 1. The molecule has 1 aliphatic rings. The Bertz CT molecular complexity index is 813. The maximum absolute atomic E-state index is 12.8. The van der Waals surface area contributed by atoms with Crippen LogP contribution in [0.3, 0.4) is 0 Å². The fraction of sp³-hybridized carbons (Fsp3) is 0.368. The molecule has 2 atom stereocenters. The number of halogens is 2. The monoisotopic (exact) mass is 394 g/mol. The number of carbonyl (C=O) groups is 1. The topological polar surface area (TPSA) is 71.5 Å². The van der Waals surface area contributed by atoms with Crippen molar-refractivity contribution in [1.29, 1.82) is 0 Å². The minimum Gasteiger partial charge on any atom is -0.387 e. The Morgan fingerprint density at radius 3 is 2.96 bits per heavy atom. The lowest BCUT2D eigenvalue weighted by Gasteiger charge is -2.27. The third-order valence-electron chi connectivity index (χ3n) is 4.60. The highest BCUT2D eigenvalue weighted by Gasteiger charge is 2.31. The van der Waals surface area contributed by atoms with Gasteiger partial charge in [0.05, 0.1) is 24.3 Å². The molecule has 3 rings (SSSR count). The summed E-state index contributed by atoms with van der Waals surface area (Å²) in [5.74, 6) is -0.445. The van der Waals surface area contributed by atoms with Crippen molar-refractivity contribution in [2.24, 2.45) is 0 Å². The molecule has 1 aromatic heterocycles. The van der Waals surface area contributed by atoms with Gasteiger partial charge in [0.25, 0.3) is 0 Å². The van der Waals surface area contributed by atoms with E-state index in [1.165, 1.54) is 0 Å². The van der Waals surface area contributed by atoms with Crippen LogP contribution in [0.15, 0.2) is 30.5 Å². The molecule has 0 aliphatic heterocycles. The van der Waals surface area contributed by atoms with Crippen LogP contribution in [0.4, 0.5) is 0 Å². The number of fused-ring (bicyclic) bond motifs is 1. The largest absolute Gasteiger partial charge is 0.387 e. The van der Waals surface area contributed by atoms with Gasteiger partial charge >= 0.3 is 0 Å². The molecule has 7 heteroatoms. The molecule has 1 amide bonds. The molecule has 0 spiro atoms. The molecule has 1 heterocycles. The number of rotatable bonds is 5. The maximum Gasteiger partial charge on any atom is 0.227 e. The molecule has 138 valence electrons. The van der Waals surface area contributed by atoms with E-state index >= 15 is 0 Å². The average molecular weight is 395 g/mol. The van der Waals surface area contributed by atoms with Crippen molar-refractivity contribution >= 4 is 29.1 Å². The summed E-state index contributed by atoms with van der Waals surface area (Å²) in [5.41, 5.74) is 2.99. The van der Waals surface area contributed by atoms with Crippen molar-refractivity contribution in [2.45, 2.75) is 38.0 Å². The molecule has 0 bridgehead atoms. The minimum absolute atomic E-state index is 0.111. The van der Waals surface area contributed by atoms with E-state index < -0.39 is 6.10 Å². The van der Waals surface area contributed by atoms with Gasteiger partial charge in [0.15, 0.2) is 0 Å². The van der Waals surface area contributed by atoms with Crippen LogP contribution in [-0.2, 0) is 22.7 Å². The van der Waals surface area contributed by atoms with Gasteiger partial charge in [0, 0.05) is 29.9 Å². The number of nitrogens with one attached hydrogen (secondary N) is 1. The van der Waals surface area contributed by atoms with Gasteiger partial charge in [-0.3, -0.25) is 9.78 Å². The summed E-state index contributed by atoms with van der Waals surface area (Å²) in [6, 6.07) is 7.07. The van der Waals surface area contributed by atoms with Crippen molar-refractivity contribution in [2.75, 3.05) is 7.11 Å². The lowest BCUT2D eigenvalue weighted by Crippen LogP contribution is -2.32. The standard InChI is InChI=1S/C19H20Cl2N2O3/c1-26-10-11-7-12(20)8-16(21)15(11)9-23-19(25)14-4-5-17(24)18-13(14)3-2-6-22-18/h2-3,6-8,14,17,24H,4-5,9-10H2,1H3,(H,23,25). The van der Waals surface area contributed by atoms with Gasteiger partial charge in [-0.2, -0.15) is 0 Å². The highest BCUT2D eigenvalue weighted by Crippen LogP contribution is 2.36. The van der Waals surface area contributed by atoms with Crippen LogP contribution in [0, 0.1) is 0 Å². The lowest BCUT2D eigenvalue weighted by atomic mass is 9.83. The Labute approximate surface area is 162 Å². The highest BCUT2D eigenvalue weighted by atomic mass is 35.5. The Morgan fingerprint density at radius 1 is 1.38 bits per heavy atom. The number of aliphatic hydroxyl groups is 1. The number of aliphatic hydroxyl groups excluding tert-OH is 1. The molecule has 0 fully saturated rings. The predicted octanol–water partition coefficient (Wildman–Crippen LogP) is 3.76. The van der Waals surface area contributed by atoms with E-state index in [2.05, 4.69) is 10.3 Å².